The Hall–Kier alpha value is -0.350. The van der Waals surface area contributed by atoms with E-state index < -0.39 is 11.4 Å². The minimum absolute atomic E-state index is 0.509. The van der Waals surface area contributed by atoms with E-state index in [0.717, 1.165) is 30.2 Å². The molecule has 1 aliphatic carbocycles. The van der Waals surface area contributed by atoms with Gasteiger partial charge in [-0.1, -0.05) is 13.3 Å². The summed E-state index contributed by atoms with van der Waals surface area (Å²) in [4.78, 5) is 12.8. The van der Waals surface area contributed by atoms with E-state index in [2.05, 4.69) is 28.9 Å². The molecule has 1 saturated carbocycles. The third-order valence-electron chi connectivity index (χ3n) is 3.88. The van der Waals surface area contributed by atoms with Crippen LogP contribution in [0.15, 0.2) is 15.9 Å². The molecule has 1 fully saturated rings. The second-order valence-electron chi connectivity index (χ2n) is 5.01. The highest BCUT2D eigenvalue weighted by Crippen LogP contribution is 2.46. The van der Waals surface area contributed by atoms with E-state index >= 15 is 0 Å². The molecule has 1 N–H and O–H groups in total. The van der Waals surface area contributed by atoms with Crippen molar-refractivity contribution in [2.75, 3.05) is 0 Å². The lowest BCUT2D eigenvalue weighted by Crippen LogP contribution is -2.30. The molecule has 0 radical (unpaired) electrons. The highest BCUT2D eigenvalue weighted by molar-refractivity contribution is 9.10. The van der Waals surface area contributed by atoms with Crippen LogP contribution < -0.4 is 0 Å². The molecule has 1 aromatic rings. The van der Waals surface area contributed by atoms with Crippen molar-refractivity contribution in [3.8, 4) is 0 Å². The van der Waals surface area contributed by atoms with E-state index in [9.17, 15) is 9.90 Å². The SMILES string of the molecule is CCC1CCC(Cc2cc(Br)cs2)(C(=O)O)C1. The summed E-state index contributed by atoms with van der Waals surface area (Å²) in [6, 6.07) is 2.05. The first-order valence-electron chi connectivity index (χ1n) is 6.02. The summed E-state index contributed by atoms with van der Waals surface area (Å²) in [6.45, 7) is 2.16. The molecule has 2 atom stereocenters. The van der Waals surface area contributed by atoms with Crippen LogP contribution in [0.3, 0.4) is 0 Å². The van der Waals surface area contributed by atoms with Crippen molar-refractivity contribution in [3.63, 3.8) is 0 Å². The Morgan fingerprint density at radius 3 is 2.94 bits per heavy atom. The number of carboxylic acid groups (broad SMARTS) is 1. The first kappa shape index (κ1) is 13.1. The third-order valence-corrected chi connectivity index (χ3v) is 5.57. The Labute approximate surface area is 114 Å². The summed E-state index contributed by atoms with van der Waals surface area (Å²) >= 11 is 5.08. The fourth-order valence-electron chi connectivity index (χ4n) is 2.80. The van der Waals surface area contributed by atoms with E-state index in [1.165, 1.54) is 4.88 Å². The van der Waals surface area contributed by atoms with Crippen LogP contribution in [0.4, 0.5) is 0 Å². The topological polar surface area (TPSA) is 37.3 Å². The molecule has 0 amide bonds. The highest BCUT2D eigenvalue weighted by atomic mass is 79.9. The van der Waals surface area contributed by atoms with E-state index in [1.807, 2.05) is 5.38 Å². The Morgan fingerprint density at radius 1 is 1.71 bits per heavy atom. The van der Waals surface area contributed by atoms with E-state index in [-0.39, 0.29) is 0 Å². The van der Waals surface area contributed by atoms with Gasteiger partial charge in [-0.3, -0.25) is 4.79 Å². The number of carbonyl (C=O) groups is 1. The number of hydrogen-bond acceptors (Lipinski definition) is 2. The normalized spacial score (nSPS) is 28.5. The molecule has 2 rings (SSSR count). The number of thiophene rings is 1. The molecule has 4 heteroatoms. The van der Waals surface area contributed by atoms with Gasteiger partial charge in [-0.2, -0.15) is 0 Å². The predicted octanol–water partition coefficient (Wildman–Crippen LogP) is 4.33. The number of hydrogen-bond donors (Lipinski definition) is 1. The first-order valence-corrected chi connectivity index (χ1v) is 7.69. The van der Waals surface area contributed by atoms with Gasteiger partial charge < -0.3 is 5.11 Å². The molecule has 2 unspecified atom stereocenters. The summed E-state index contributed by atoms with van der Waals surface area (Å²) in [5, 5.41) is 11.6. The lowest BCUT2D eigenvalue weighted by atomic mass is 9.81. The smallest absolute Gasteiger partial charge is 0.310 e. The van der Waals surface area contributed by atoms with E-state index in [4.69, 9.17) is 0 Å². The minimum atomic E-state index is -0.613. The summed E-state index contributed by atoms with van der Waals surface area (Å²) in [5.41, 5.74) is -0.509. The summed E-state index contributed by atoms with van der Waals surface area (Å²) in [7, 11) is 0. The number of carboxylic acids is 1. The van der Waals surface area contributed by atoms with Gasteiger partial charge in [0, 0.05) is 14.7 Å². The third kappa shape index (κ3) is 2.74. The van der Waals surface area contributed by atoms with Crippen LogP contribution in [0.5, 0.6) is 0 Å². The Morgan fingerprint density at radius 2 is 2.47 bits per heavy atom. The van der Waals surface area contributed by atoms with Crippen LogP contribution in [-0.2, 0) is 11.2 Å². The fourth-order valence-corrected chi connectivity index (χ4v) is 4.39. The molecule has 94 valence electrons. The Kier molecular flexibility index (Phi) is 3.93. The van der Waals surface area contributed by atoms with Crippen molar-refractivity contribution in [3.05, 3.63) is 20.8 Å². The zero-order valence-electron chi connectivity index (χ0n) is 9.91. The summed E-state index contributed by atoms with van der Waals surface area (Å²) in [5.74, 6) is -0.0209. The van der Waals surface area contributed by atoms with Crippen molar-refractivity contribution < 1.29 is 9.90 Å². The van der Waals surface area contributed by atoms with Crippen molar-refractivity contribution in [2.24, 2.45) is 11.3 Å². The van der Waals surface area contributed by atoms with Gasteiger partial charge in [-0.25, -0.2) is 0 Å². The standard InChI is InChI=1S/C13H17BrO2S/c1-2-9-3-4-13(6-9,12(15)16)7-11-5-10(14)8-17-11/h5,8-9H,2-4,6-7H2,1H3,(H,15,16). The summed E-state index contributed by atoms with van der Waals surface area (Å²) < 4.78 is 1.06. The molecule has 1 heterocycles. The molecule has 1 aliphatic rings. The molecule has 17 heavy (non-hydrogen) atoms. The predicted molar refractivity (Wildman–Crippen MR) is 73.4 cm³/mol. The molecule has 0 spiro atoms. The van der Waals surface area contributed by atoms with Crippen LogP contribution in [0.25, 0.3) is 0 Å². The largest absolute Gasteiger partial charge is 0.481 e. The molecule has 0 aliphatic heterocycles. The van der Waals surface area contributed by atoms with Gasteiger partial charge in [-0.15, -0.1) is 11.3 Å². The van der Waals surface area contributed by atoms with Crippen LogP contribution in [-0.4, -0.2) is 11.1 Å². The first-order chi connectivity index (χ1) is 8.05. The molecule has 0 bridgehead atoms. The number of halogens is 1. The van der Waals surface area contributed by atoms with Crippen LogP contribution in [0.2, 0.25) is 0 Å². The maximum Gasteiger partial charge on any atom is 0.310 e. The maximum atomic E-state index is 11.6. The second-order valence-corrected chi connectivity index (χ2v) is 6.92. The van der Waals surface area contributed by atoms with Gasteiger partial charge in [0.1, 0.15) is 0 Å². The van der Waals surface area contributed by atoms with Crippen molar-refractivity contribution in [1.29, 1.82) is 0 Å². The van der Waals surface area contributed by atoms with Gasteiger partial charge in [0.05, 0.1) is 5.41 Å². The highest BCUT2D eigenvalue weighted by Gasteiger charge is 2.45. The van der Waals surface area contributed by atoms with Gasteiger partial charge >= 0.3 is 5.97 Å². The van der Waals surface area contributed by atoms with E-state index in [1.54, 1.807) is 11.3 Å². The average molecular weight is 317 g/mol. The fraction of sp³-hybridized carbons (Fsp3) is 0.615. The molecular formula is C13H17BrO2S. The van der Waals surface area contributed by atoms with Crippen molar-refractivity contribution in [1.82, 2.24) is 0 Å². The van der Waals surface area contributed by atoms with E-state index in [0.29, 0.717) is 12.3 Å². The Balaban J connectivity index is 2.16. The van der Waals surface area contributed by atoms with Crippen molar-refractivity contribution >= 4 is 33.2 Å². The van der Waals surface area contributed by atoms with Crippen LogP contribution >= 0.6 is 27.3 Å². The van der Waals surface area contributed by atoms with Gasteiger partial charge in [0.2, 0.25) is 0 Å². The number of aliphatic carboxylic acids is 1. The number of rotatable bonds is 4. The quantitative estimate of drug-likeness (QED) is 0.897. The molecule has 1 aromatic heterocycles. The van der Waals surface area contributed by atoms with Gasteiger partial charge in [-0.05, 0) is 53.6 Å². The maximum absolute atomic E-state index is 11.6. The molecule has 2 nitrogen and oxygen atoms in total. The van der Waals surface area contributed by atoms with Gasteiger partial charge in [0.25, 0.3) is 0 Å². The zero-order chi connectivity index (χ0) is 12.5. The minimum Gasteiger partial charge on any atom is -0.481 e. The zero-order valence-corrected chi connectivity index (χ0v) is 12.3. The van der Waals surface area contributed by atoms with Crippen molar-refractivity contribution in [2.45, 2.75) is 39.0 Å². The summed E-state index contributed by atoms with van der Waals surface area (Å²) in [6.07, 6.45) is 4.53. The van der Waals surface area contributed by atoms with Gasteiger partial charge in [0.15, 0.2) is 0 Å². The van der Waals surface area contributed by atoms with Crippen LogP contribution in [0.1, 0.15) is 37.5 Å². The second kappa shape index (κ2) is 5.11. The molecule has 0 saturated heterocycles. The monoisotopic (exact) mass is 316 g/mol. The molecule has 0 aromatic carbocycles. The van der Waals surface area contributed by atoms with Crippen LogP contribution in [0, 0.1) is 11.3 Å². The average Bonchev–Trinajstić information content (AvgIpc) is 2.87. The molecular weight excluding hydrogens is 300 g/mol. The lowest BCUT2D eigenvalue weighted by Gasteiger charge is -2.23. The Bertz CT molecular complexity index is 415. The lowest BCUT2D eigenvalue weighted by molar-refractivity contribution is -0.148.